The number of anilines is 1. The van der Waals surface area contributed by atoms with Crippen molar-refractivity contribution in [3.63, 3.8) is 0 Å². The smallest absolute Gasteiger partial charge is 0.324 e. The number of ether oxygens (including phenoxy) is 2. The Labute approximate surface area is 88.1 Å². The summed E-state index contributed by atoms with van der Waals surface area (Å²) in [5, 5.41) is 3.19. The molecule has 6 heteroatoms. The van der Waals surface area contributed by atoms with Gasteiger partial charge in [0.15, 0.2) is 0 Å². The van der Waals surface area contributed by atoms with Crippen molar-refractivity contribution >= 4 is 5.95 Å². The summed E-state index contributed by atoms with van der Waals surface area (Å²) in [4.78, 5) is 12.1. The van der Waals surface area contributed by atoms with Crippen LogP contribution in [0.15, 0.2) is 0 Å². The van der Waals surface area contributed by atoms with Crippen LogP contribution in [0.1, 0.15) is 13.3 Å². The zero-order valence-corrected chi connectivity index (χ0v) is 9.02. The SMILES string of the molecule is COc1nc(NC2CC2C)nc(OC)n1. The van der Waals surface area contributed by atoms with Gasteiger partial charge in [-0.2, -0.15) is 9.97 Å². The summed E-state index contributed by atoms with van der Waals surface area (Å²) >= 11 is 0. The van der Waals surface area contributed by atoms with Crippen molar-refractivity contribution in [3.05, 3.63) is 0 Å². The lowest BCUT2D eigenvalue weighted by atomic mass is 10.5. The molecule has 1 aliphatic carbocycles. The topological polar surface area (TPSA) is 69.2 Å². The van der Waals surface area contributed by atoms with E-state index in [2.05, 4.69) is 27.2 Å². The number of nitrogens with zero attached hydrogens (tertiary/aromatic N) is 3. The van der Waals surface area contributed by atoms with Crippen LogP contribution < -0.4 is 14.8 Å². The van der Waals surface area contributed by atoms with Crippen molar-refractivity contribution in [1.82, 2.24) is 15.0 Å². The van der Waals surface area contributed by atoms with Crippen LogP contribution >= 0.6 is 0 Å². The molecule has 1 saturated carbocycles. The second kappa shape index (κ2) is 3.88. The second-order valence-corrected chi connectivity index (χ2v) is 3.60. The molecule has 0 bridgehead atoms. The average Bonchev–Trinajstić information content (AvgIpc) is 2.93. The fourth-order valence-electron chi connectivity index (χ4n) is 1.27. The minimum Gasteiger partial charge on any atom is -0.467 e. The molecule has 2 atom stereocenters. The third kappa shape index (κ3) is 2.26. The molecular formula is C9H14N4O2. The van der Waals surface area contributed by atoms with Gasteiger partial charge in [-0.1, -0.05) is 6.92 Å². The van der Waals surface area contributed by atoms with E-state index in [0.29, 0.717) is 17.9 Å². The van der Waals surface area contributed by atoms with E-state index in [1.807, 2.05) is 0 Å². The van der Waals surface area contributed by atoms with Gasteiger partial charge in [-0.25, -0.2) is 0 Å². The lowest BCUT2D eigenvalue weighted by Crippen LogP contribution is -2.09. The number of methoxy groups -OCH3 is 2. The molecule has 0 radical (unpaired) electrons. The molecule has 1 aromatic heterocycles. The summed E-state index contributed by atoms with van der Waals surface area (Å²) in [6.45, 7) is 2.17. The third-order valence-electron chi connectivity index (χ3n) is 2.38. The van der Waals surface area contributed by atoms with E-state index >= 15 is 0 Å². The van der Waals surface area contributed by atoms with Crippen molar-refractivity contribution in [2.24, 2.45) is 5.92 Å². The van der Waals surface area contributed by atoms with E-state index in [-0.39, 0.29) is 12.0 Å². The highest BCUT2D eigenvalue weighted by atomic mass is 16.5. The van der Waals surface area contributed by atoms with Gasteiger partial charge in [-0.3, -0.25) is 0 Å². The summed E-state index contributed by atoms with van der Waals surface area (Å²) in [6.07, 6.45) is 1.15. The number of hydrogen-bond donors (Lipinski definition) is 1. The van der Waals surface area contributed by atoms with Crippen molar-refractivity contribution in [3.8, 4) is 12.0 Å². The molecule has 1 fully saturated rings. The standard InChI is InChI=1S/C9H14N4O2/c1-5-4-6(5)10-7-11-8(14-2)13-9(12-7)15-3/h5-6H,4H2,1-3H3,(H,10,11,12,13). The zero-order valence-electron chi connectivity index (χ0n) is 9.02. The van der Waals surface area contributed by atoms with E-state index in [9.17, 15) is 0 Å². The molecule has 0 saturated heterocycles. The average molecular weight is 210 g/mol. The van der Waals surface area contributed by atoms with E-state index in [0.717, 1.165) is 6.42 Å². The van der Waals surface area contributed by atoms with E-state index < -0.39 is 0 Å². The lowest BCUT2D eigenvalue weighted by molar-refractivity contribution is 0.341. The zero-order chi connectivity index (χ0) is 10.8. The van der Waals surface area contributed by atoms with Crippen LogP contribution in [0.2, 0.25) is 0 Å². The minimum atomic E-state index is 0.262. The summed E-state index contributed by atoms with van der Waals surface area (Å²) in [6, 6.07) is 0.983. The molecule has 1 heterocycles. The Morgan fingerprint density at radius 1 is 1.13 bits per heavy atom. The van der Waals surface area contributed by atoms with Crippen molar-refractivity contribution in [2.75, 3.05) is 19.5 Å². The molecule has 1 N–H and O–H groups in total. The number of rotatable bonds is 4. The number of nitrogens with one attached hydrogen (secondary N) is 1. The molecule has 15 heavy (non-hydrogen) atoms. The Morgan fingerprint density at radius 3 is 2.07 bits per heavy atom. The Hall–Kier alpha value is -1.59. The summed E-state index contributed by atoms with van der Waals surface area (Å²) in [7, 11) is 3.02. The van der Waals surface area contributed by atoms with E-state index in [4.69, 9.17) is 9.47 Å². The predicted octanol–water partition coefficient (Wildman–Crippen LogP) is 0.709. The van der Waals surface area contributed by atoms with Crippen LogP contribution in [-0.2, 0) is 0 Å². The molecule has 6 nitrogen and oxygen atoms in total. The second-order valence-electron chi connectivity index (χ2n) is 3.60. The Bertz CT molecular complexity index is 336. The maximum atomic E-state index is 4.94. The van der Waals surface area contributed by atoms with Crippen LogP contribution in [0.3, 0.4) is 0 Å². The summed E-state index contributed by atoms with van der Waals surface area (Å²) < 4.78 is 9.89. The first-order valence-electron chi connectivity index (χ1n) is 4.83. The van der Waals surface area contributed by atoms with Gasteiger partial charge >= 0.3 is 12.0 Å². The largest absolute Gasteiger partial charge is 0.467 e. The Morgan fingerprint density at radius 2 is 1.67 bits per heavy atom. The van der Waals surface area contributed by atoms with Gasteiger partial charge in [0.05, 0.1) is 14.2 Å². The van der Waals surface area contributed by atoms with Crippen molar-refractivity contribution < 1.29 is 9.47 Å². The molecule has 1 aromatic rings. The lowest BCUT2D eigenvalue weighted by Gasteiger charge is -2.06. The van der Waals surface area contributed by atoms with Gasteiger partial charge in [0.25, 0.3) is 0 Å². The van der Waals surface area contributed by atoms with Crippen LogP contribution in [0.5, 0.6) is 12.0 Å². The summed E-state index contributed by atoms with van der Waals surface area (Å²) in [5.74, 6) is 1.19. The molecule has 1 aliphatic rings. The highest BCUT2D eigenvalue weighted by Crippen LogP contribution is 2.32. The van der Waals surface area contributed by atoms with E-state index in [1.165, 1.54) is 14.2 Å². The molecule has 2 rings (SSSR count). The highest BCUT2D eigenvalue weighted by molar-refractivity contribution is 5.31. The molecular weight excluding hydrogens is 196 g/mol. The van der Waals surface area contributed by atoms with Gasteiger partial charge in [-0.05, 0) is 12.3 Å². The maximum absolute atomic E-state index is 4.94. The minimum absolute atomic E-state index is 0.262. The van der Waals surface area contributed by atoms with Gasteiger partial charge < -0.3 is 14.8 Å². The maximum Gasteiger partial charge on any atom is 0.324 e. The first-order valence-corrected chi connectivity index (χ1v) is 4.83. The molecule has 82 valence electrons. The number of aromatic nitrogens is 3. The predicted molar refractivity (Wildman–Crippen MR) is 54.1 cm³/mol. The van der Waals surface area contributed by atoms with Crippen LogP contribution in [0.25, 0.3) is 0 Å². The molecule has 0 amide bonds. The van der Waals surface area contributed by atoms with Crippen molar-refractivity contribution in [2.45, 2.75) is 19.4 Å². The molecule has 0 aromatic carbocycles. The number of hydrogen-bond acceptors (Lipinski definition) is 6. The highest BCUT2D eigenvalue weighted by Gasteiger charge is 2.33. The van der Waals surface area contributed by atoms with Crippen LogP contribution in [0.4, 0.5) is 5.95 Å². The monoisotopic (exact) mass is 210 g/mol. The third-order valence-corrected chi connectivity index (χ3v) is 2.38. The Balaban J connectivity index is 2.14. The summed E-state index contributed by atoms with van der Waals surface area (Å²) in [5.41, 5.74) is 0. The van der Waals surface area contributed by atoms with Gasteiger partial charge in [0, 0.05) is 6.04 Å². The first-order chi connectivity index (χ1) is 7.22. The quantitative estimate of drug-likeness (QED) is 0.789. The van der Waals surface area contributed by atoms with Gasteiger partial charge in [-0.15, -0.1) is 4.98 Å². The molecule has 0 aliphatic heterocycles. The van der Waals surface area contributed by atoms with E-state index in [1.54, 1.807) is 0 Å². The van der Waals surface area contributed by atoms with Gasteiger partial charge in [0.2, 0.25) is 5.95 Å². The fraction of sp³-hybridized carbons (Fsp3) is 0.667. The van der Waals surface area contributed by atoms with Crippen LogP contribution in [0, 0.1) is 5.92 Å². The Kier molecular flexibility index (Phi) is 2.57. The van der Waals surface area contributed by atoms with Gasteiger partial charge in [0.1, 0.15) is 0 Å². The fourth-order valence-corrected chi connectivity index (χ4v) is 1.27. The molecule has 0 spiro atoms. The molecule has 2 unspecified atom stereocenters. The van der Waals surface area contributed by atoms with Crippen molar-refractivity contribution in [1.29, 1.82) is 0 Å². The van der Waals surface area contributed by atoms with Crippen LogP contribution in [-0.4, -0.2) is 35.2 Å². The first kappa shape index (κ1) is 9.95. The normalized spacial score (nSPS) is 23.4.